The SMILES string of the molecule is CC(C)(C)OC(=O)N1CCNC(c2ccc(F)cc2C(F)(F)F)C1. The summed E-state index contributed by atoms with van der Waals surface area (Å²) < 4.78 is 58.0. The zero-order valence-corrected chi connectivity index (χ0v) is 13.7. The molecule has 1 amide bonds. The minimum atomic E-state index is -4.67. The molecule has 134 valence electrons. The normalized spacial score (nSPS) is 19.3. The van der Waals surface area contributed by atoms with Crippen LogP contribution in [0.4, 0.5) is 22.4 Å². The molecule has 1 heterocycles. The molecule has 1 atom stereocenters. The van der Waals surface area contributed by atoms with Crippen LogP contribution in [0, 0.1) is 5.82 Å². The summed E-state index contributed by atoms with van der Waals surface area (Å²) in [7, 11) is 0. The quantitative estimate of drug-likeness (QED) is 0.787. The van der Waals surface area contributed by atoms with Gasteiger partial charge in [0.15, 0.2) is 0 Å². The first-order chi connectivity index (χ1) is 11.0. The Morgan fingerprint density at radius 3 is 2.54 bits per heavy atom. The predicted octanol–water partition coefficient (Wildman–Crippen LogP) is 3.73. The first-order valence-corrected chi connectivity index (χ1v) is 7.55. The number of amides is 1. The Hall–Kier alpha value is -1.83. The van der Waals surface area contributed by atoms with Crippen LogP contribution in [0.5, 0.6) is 0 Å². The molecule has 1 aliphatic heterocycles. The predicted molar refractivity (Wildman–Crippen MR) is 80.0 cm³/mol. The van der Waals surface area contributed by atoms with Crippen LogP contribution in [0.2, 0.25) is 0 Å². The van der Waals surface area contributed by atoms with Gasteiger partial charge in [-0.3, -0.25) is 0 Å². The van der Waals surface area contributed by atoms with Crippen molar-refractivity contribution in [1.29, 1.82) is 0 Å². The van der Waals surface area contributed by atoms with Crippen LogP contribution in [-0.4, -0.2) is 36.2 Å². The van der Waals surface area contributed by atoms with Crippen molar-refractivity contribution in [3.63, 3.8) is 0 Å². The molecule has 1 aromatic carbocycles. The van der Waals surface area contributed by atoms with Gasteiger partial charge in [-0.25, -0.2) is 9.18 Å². The average Bonchev–Trinajstić information content (AvgIpc) is 2.44. The highest BCUT2D eigenvalue weighted by Gasteiger charge is 2.37. The van der Waals surface area contributed by atoms with Crippen molar-refractivity contribution in [2.45, 2.75) is 38.6 Å². The van der Waals surface area contributed by atoms with Gasteiger partial charge in [-0.05, 0) is 38.5 Å². The summed E-state index contributed by atoms with van der Waals surface area (Å²) in [6.45, 7) is 5.81. The van der Waals surface area contributed by atoms with Crippen LogP contribution in [0.3, 0.4) is 0 Å². The van der Waals surface area contributed by atoms with Gasteiger partial charge >= 0.3 is 12.3 Å². The number of ether oxygens (including phenoxy) is 1. The first kappa shape index (κ1) is 18.5. The summed E-state index contributed by atoms with van der Waals surface area (Å²) in [5, 5.41) is 2.94. The van der Waals surface area contributed by atoms with Gasteiger partial charge in [0.1, 0.15) is 11.4 Å². The molecule has 0 aliphatic carbocycles. The van der Waals surface area contributed by atoms with Crippen LogP contribution >= 0.6 is 0 Å². The van der Waals surface area contributed by atoms with E-state index in [9.17, 15) is 22.4 Å². The lowest BCUT2D eigenvalue weighted by molar-refractivity contribution is -0.138. The van der Waals surface area contributed by atoms with Gasteiger partial charge in [0.25, 0.3) is 0 Å². The number of nitrogens with zero attached hydrogens (tertiary/aromatic N) is 1. The Labute approximate surface area is 137 Å². The molecule has 1 saturated heterocycles. The second-order valence-corrected chi connectivity index (χ2v) is 6.66. The number of alkyl halides is 3. The first-order valence-electron chi connectivity index (χ1n) is 7.55. The smallest absolute Gasteiger partial charge is 0.416 e. The zero-order valence-electron chi connectivity index (χ0n) is 13.7. The molecule has 0 spiro atoms. The molecule has 0 aromatic heterocycles. The van der Waals surface area contributed by atoms with Crippen molar-refractivity contribution in [1.82, 2.24) is 10.2 Å². The Kier molecular flexibility index (Phi) is 5.08. The van der Waals surface area contributed by atoms with E-state index in [-0.39, 0.29) is 12.1 Å². The lowest BCUT2D eigenvalue weighted by Crippen LogP contribution is -2.50. The molecule has 4 nitrogen and oxygen atoms in total. The third-order valence-electron chi connectivity index (χ3n) is 3.52. The number of carbonyl (C=O) groups is 1. The number of hydrogen-bond donors (Lipinski definition) is 1. The Morgan fingerprint density at radius 1 is 1.29 bits per heavy atom. The molecule has 1 aliphatic rings. The number of piperazine rings is 1. The lowest BCUT2D eigenvalue weighted by Gasteiger charge is -2.35. The highest BCUT2D eigenvalue weighted by Crippen LogP contribution is 2.36. The molecule has 0 saturated carbocycles. The topological polar surface area (TPSA) is 41.6 Å². The standard InChI is InChI=1S/C16H20F4N2O2/c1-15(2,3)24-14(23)22-7-6-21-13(9-22)11-5-4-10(17)8-12(11)16(18,19)20/h4-5,8,13,21H,6-7,9H2,1-3H3. The third kappa shape index (κ3) is 4.59. The molecule has 8 heteroatoms. The zero-order chi connectivity index (χ0) is 18.1. The minimum Gasteiger partial charge on any atom is -0.444 e. The molecule has 1 aromatic rings. The van der Waals surface area contributed by atoms with E-state index in [1.807, 2.05) is 0 Å². The lowest BCUT2D eigenvalue weighted by atomic mass is 9.98. The van der Waals surface area contributed by atoms with Gasteiger partial charge in [-0.2, -0.15) is 13.2 Å². The van der Waals surface area contributed by atoms with Gasteiger partial charge in [-0.1, -0.05) is 6.07 Å². The van der Waals surface area contributed by atoms with Crippen molar-refractivity contribution in [3.05, 3.63) is 35.1 Å². The highest BCUT2D eigenvalue weighted by molar-refractivity contribution is 5.68. The average molecular weight is 348 g/mol. The van der Waals surface area contributed by atoms with Gasteiger partial charge in [-0.15, -0.1) is 0 Å². The molecule has 1 unspecified atom stereocenters. The molecule has 24 heavy (non-hydrogen) atoms. The van der Waals surface area contributed by atoms with E-state index in [0.717, 1.165) is 12.1 Å². The fourth-order valence-corrected chi connectivity index (χ4v) is 2.53. The number of halogens is 4. The fourth-order valence-electron chi connectivity index (χ4n) is 2.53. The number of benzene rings is 1. The van der Waals surface area contributed by atoms with Crippen molar-refractivity contribution < 1.29 is 27.1 Å². The molecular weight excluding hydrogens is 328 g/mol. The van der Waals surface area contributed by atoms with E-state index in [1.54, 1.807) is 20.8 Å². The monoisotopic (exact) mass is 348 g/mol. The van der Waals surface area contributed by atoms with Crippen LogP contribution in [0.1, 0.15) is 37.9 Å². The fraction of sp³-hybridized carbons (Fsp3) is 0.562. The summed E-state index contributed by atoms with van der Waals surface area (Å²) in [5.41, 5.74) is -1.81. The summed E-state index contributed by atoms with van der Waals surface area (Å²) in [6, 6.07) is 1.82. The van der Waals surface area contributed by atoms with Gasteiger partial charge in [0.2, 0.25) is 0 Å². The van der Waals surface area contributed by atoms with E-state index in [0.29, 0.717) is 19.2 Å². The number of nitrogens with one attached hydrogen (secondary N) is 1. The van der Waals surface area contributed by atoms with Crippen LogP contribution < -0.4 is 5.32 Å². The van der Waals surface area contributed by atoms with Gasteiger partial charge in [0, 0.05) is 19.6 Å². The maximum Gasteiger partial charge on any atom is 0.416 e. The maximum absolute atomic E-state index is 13.2. The van der Waals surface area contributed by atoms with Crippen LogP contribution in [0.15, 0.2) is 18.2 Å². The van der Waals surface area contributed by atoms with Gasteiger partial charge in [0.05, 0.1) is 11.6 Å². The second kappa shape index (κ2) is 6.58. The highest BCUT2D eigenvalue weighted by atomic mass is 19.4. The van der Waals surface area contributed by atoms with Crippen molar-refractivity contribution >= 4 is 6.09 Å². The number of rotatable bonds is 1. The van der Waals surface area contributed by atoms with Crippen molar-refractivity contribution in [2.75, 3.05) is 19.6 Å². The van der Waals surface area contributed by atoms with E-state index in [2.05, 4.69) is 5.32 Å². The molecule has 0 bridgehead atoms. The van der Waals surface area contributed by atoms with E-state index in [1.165, 1.54) is 4.90 Å². The van der Waals surface area contributed by atoms with Crippen LogP contribution in [-0.2, 0) is 10.9 Å². The van der Waals surface area contributed by atoms with Gasteiger partial charge < -0.3 is 15.0 Å². The maximum atomic E-state index is 13.2. The van der Waals surface area contributed by atoms with Crippen molar-refractivity contribution in [2.24, 2.45) is 0 Å². The Balaban J connectivity index is 2.23. The molecular formula is C16H20F4N2O2. The minimum absolute atomic E-state index is 0.0175. The van der Waals surface area contributed by atoms with E-state index >= 15 is 0 Å². The van der Waals surface area contributed by atoms with Crippen molar-refractivity contribution in [3.8, 4) is 0 Å². The molecule has 2 rings (SSSR count). The number of carbonyl (C=O) groups excluding carboxylic acids is 1. The summed E-state index contributed by atoms with van der Waals surface area (Å²) in [4.78, 5) is 13.5. The molecule has 1 N–H and O–H groups in total. The van der Waals surface area contributed by atoms with E-state index < -0.39 is 35.3 Å². The van der Waals surface area contributed by atoms with E-state index in [4.69, 9.17) is 4.74 Å². The van der Waals surface area contributed by atoms with Crippen LogP contribution in [0.25, 0.3) is 0 Å². The summed E-state index contributed by atoms with van der Waals surface area (Å²) in [5.74, 6) is -0.953. The molecule has 1 fully saturated rings. The second-order valence-electron chi connectivity index (χ2n) is 6.66. The third-order valence-corrected chi connectivity index (χ3v) is 3.52. The largest absolute Gasteiger partial charge is 0.444 e. The summed E-state index contributed by atoms with van der Waals surface area (Å²) in [6.07, 6.45) is -5.25. The molecule has 0 radical (unpaired) electrons. The Morgan fingerprint density at radius 2 is 1.96 bits per heavy atom. The Bertz CT molecular complexity index is 611. The summed E-state index contributed by atoms with van der Waals surface area (Å²) >= 11 is 0. The number of hydrogen-bond acceptors (Lipinski definition) is 3.